The molecule has 0 atom stereocenters. The first-order chi connectivity index (χ1) is 18.9. The van der Waals surface area contributed by atoms with E-state index >= 15 is 0 Å². The zero-order valence-corrected chi connectivity index (χ0v) is 21.9. The summed E-state index contributed by atoms with van der Waals surface area (Å²) in [6, 6.07) is 20.4. The summed E-state index contributed by atoms with van der Waals surface area (Å²) in [5.41, 5.74) is 2.16. The predicted octanol–water partition coefficient (Wildman–Crippen LogP) is 5.60. The van der Waals surface area contributed by atoms with Crippen LogP contribution >= 0.6 is 0 Å². The van der Waals surface area contributed by atoms with Gasteiger partial charge in [0.25, 0.3) is 11.8 Å². The predicted molar refractivity (Wildman–Crippen MR) is 143 cm³/mol. The van der Waals surface area contributed by atoms with Crippen LogP contribution in [-0.4, -0.2) is 30.4 Å². The van der Waals surface area contributed by atoms with Crippen LogP contribution in [0.2, 0.25) is 0 Å². The molecule has 1 aliphatic rings. The summed E-state index contributed by atoms with van der Waals surface area (Å²) in [4.78, 5) is 27.6. The minimum Gasteiger partial charge on any atom is -0.497 e. The minimum absolute atomic E-state index is 0.00444. The van der Waals surface area contributed by atoms with Gasteiger partial charge in [-0.2, -0.15) is 5.26 Å². The van der Waals surface area contributed by atoms with Crippen molar-refractivity contribution in [1.82, 2.24) is 4.90 Å². The van der Waals surface area contributed by atoms with E-state index in [1.807, 2.05) is 13.0 Å². The monoisotopic (exact) mass is 526 g/mol. The average Bonchev–Trinajstić information content (AvgIpc) is 2.94. The summed E-state index contributed by atoms with van der Waals surface area (Å²) in [7, 11) is 1.55. The van der Waals surface area contributed by atoms with Crippen LogP contribution in [0.1, 0.15) is 30.5 Å². The summed E-state index contributed by atoms with van der Waals surface area (Å²) < 4.78 is 30.8. The molecular weight excluding hydrogens is 499 g/mol. The van der Waals surface area contributed by atoms with E-state index in [1.165, 1.54) is 6.07 Å². The summed E-state index contributed by atoms with van der Waals surface area (Å²) in [5, 5.41) is 9.70. The van der Waals surface area contributed by atoms with Gasteiger partial charge in [0.05, 0.1) is 20.3 Å². The lowest BCUT2D eigenvalue weighted by molar-refractivity contribution is -0.141. The first-order valence-electron chi connectivity index (χ1n) is 12.3. The number of imide groups is 1. The number of amides is 2. The number of nitrogens with zero attached hydrogens (tertiary/aromatic N) is 2. The van der Waals surface area contributed by atoms with Crippen molar-refractivity contribution >= 4 is 17.9 Å². The van der Waals surface area contributed by atoms with Crippen LogP contribution in [0.15, 0.2) is 83.4 Å². The third kappa shape index (κ3) is 5.99. The molecule has 0 saturated heterocycles. The van der Waals surface area contributed by atoms with Crippen molar-refractivity contribution < 1.29 is 28.2 Å². The molecule has 0 radical (unpaired) electrons. The summed E-state index contributed by atoms with van der Waals surface area (Å²) >= 11 is 0. The Morgan fingerprint density at radius 1 is 0.974 bits per heavy atom. The van der Waals surface area contributed by atoms with Crippen LogP contribution in [0.4, 0.5) is 4.39 Å². The standard InChI is InChI=1S/C31H27FN2O5/c1-4-38-29-16-22(11-14-28(29)39-19-23-7-5-6-8-27(23)32)15-25-20(2)26(17-33)31(36)34(30(25)35)18-21-9-12-24(37-3)13-10-21/h5-16H,4,18-19H2,1-3H3/b25-15+. The van der Waals surface area contributed by atoms with Gasteiger partial charge in [0.15, 0.2) is 11.5 Å². The fourth-order valence-corrected chi connectivity index (χ4v) is 4.13. The Kier molecular flexibility index (Phi) is 8.42. The molecule has 0 unspecified atom stereocenters. The van der Waals surface area contributed by atoms with Crippen LogP contribution in [-0.2, 0) is 22.7 Å². The highest BCUT2D eigenvalue weighted by atomic mass is 19.1. The Bertz CT molecular complexity index is 1500. The van der Waals surface area contributed by atoms with E-state index in [0.717, 1.165) is 4.90 Å². The van der Waals surface area contributed by atoms with E-state index in [9.17, 15) is 19.2 Å². The average molecular weight is 527 g/mol. The van der Waals surface area contributed by atoms with E-state index in [0.29, 0.717) is 46.1 Å². The molecule has 0 fully saturated rings. The molecule has 4 rings (SSSR count). The topological polar surface area (TPSA) is 88.9 Å². The summed E-state index contributed by atoms with van der Waals surface area (Å²) in [6.45, 7) is 3.79. The summed E-state index contributed by atoms with van der Waals surface area (Å²) in [5.74, 6) is -0.0317. The number of halogens is 1. The van der Waals surface area contributed by atoms with Crippen molar-refractivity contribution in [3.8, 4) is 23.3 Å². The van der Waals surface area contributed by atoms with Gasteiger partial charge in [-0.25, -0.2) is 4.39 Å². The van der Waals surface area contributed by atoms with E-state index in [1.54, 1.807) is 80.8 Å². The van der Waals surface area contributed by atoms with Crippen molar-refractivity contribution in [2.45, 2.75) is 27.0 Å². The molecule has 0 saturated carbocycles. The minimum atomic E-state index is -0.639. The fourth-order valence-electron chi connectivity index (χ4n) is 4.13. The fraction of sp³-hybridized carbons (Fsp3) is 0.194. The Hall–Kier alpha value is -4.90. The molecule has 3 aromatic carbocycles. The van der Waals surface area contributed by atoms with Gasteiger partial charge in [0.2, 0.25) is 0 Å². The van der Waals surface area contributed by atoms with Gasteiger partial charge in [-0.1, -0.05) is 36.4 Å². The molecule has 198 valence electrons. The number of methoxy groups -OCH3 is 1. The molecule has 0 aromatic heterocycles. The number of benzene rings is 3. The van der Waals surface area contributed by atoms with Crippen LogP contribution < -0.4 is 14.2 Å². The van der Waals surface area contributed by atoms with E-state index in [2.05, 4.69) is 0 Å². The van der Waals surface area contributed by atoms with E-state index < -0.39 is 11.8 Å². The first kappa shape index (κ1) is 27.1. The van der Waals surface area contributed by atoms with Crippen molar-refractivity contribution in [1.29, 1.82) is 5.26 Å². The smallest absolute Gasteiger partial charge is 0.271 e. The van der Waals surface area contributed by atoms with Crippen LogP contribution in [0.5, 0.6) is 17.2 Å². The van der Waals surface area contributed by atoms with Gasteiger partial charge in [-0.15, -0.1) is 0 Å². The van der Waals surface area contributed by atoms with Gasteiger partial charge in [-0.05, 0) is 67.0 Å². The Morgan fingerprint density at radius 2 is 1.72 bits per heavy atom. The lowest BCUT2D eigenvalue weighted by atomic mass is 9.93. The third-order valence-electron chi connectivity index (χ3n) is 6.24. The molecule has 1 aliphatic heterocycles. The second-order valence-corrected chi connectivity index (χ2v) is 8.73. The molecule has 2 amide bonds. The molecule has 8 heteroatoms. The maximum atomic E-state index is 14.0. The number of ether oxygens (including phenoxy) is 3. The second kappa shape index (κ2) is 12.1. The van der Waals surface area contributed by atoms with Gasteiger partial charge in [0.1, 0.15) is 29.8 Å². The highest BCUT2D eigenvalue weighted by molar-refractivity contribution is 6.19. The van der Waals surface area contributed by atoms with Gasteiger partial charge in [-0.3, -0.25) is 14.5 Å². The van der Waals surface area contributed by atoms with E-state index in [-0.39, 0.29) is 30.1 Å². The van der Waals surface area contributed by atoms with Gasteiger partial charge >= 0.3 is 0 Å². The van der Waals surface area contributed by atoms with Crippen LogP contribution in [0, 0.1) is 17.1 Å². The molecule has 0 N–H and O–H groups in total. The van der Waals surface area contributed by atoms with Crippen molar-refractivity contribution in [3.63, 3.8) is 0 Å². The van der Waals surface area contributed by atoms with Crippen LogP contribution in [0.3, 0.4) is 0 Å². The maximum Gasteiger partial charge on any atom is 0.271 e. The molecule has 0 aliphatic carbocycles. The zero-order chi connectivity index (χ0) is 27.9. The number of carbonyl (C=O) groups excluding carboxylic acids is 2. The van der Waals surface area contributed by atoms with E-state index in [4.69, 9.17) is 14.2 Å². The molecule has 0 spiro atoms. The van der Waals surface area contributed by atoms with Gasteiger partial charge < -0.3 is 14.2 Å². The molecular formula is C31H27FN2O5. The Morgan fingerprint density at radius 3 is 2.38 bits per heavy atom. The van der Waals surface area contributed by atoms with Crippen molar-refractivity contribution in [2.24, 2.45) is 0 Å². The van der Waals surface area contributed by atoms with Crippen molar-refractivity contribution in [3.05, 3.63) is 106 Å². The number of nitriles is 1. The highest BCUT2D eigenvalue weighted by Crippen LogP contribution is 2.33. The highest BCUT2D eigenvalue weighted by Gasteiger charge is 2.35. The lowest BCUT2D eigenvalue weighted by Gasteiger charge is -2.27. The molecule has 1 heterocycles. The van der Waals surface area contributed by atoms with Gasteiger partial charge in [0, 0.05) is 11.1 Å². The zero-order valence-electron chi connectivity index (χ0n) is 21.9. The number of hydrogen-bond donors (Lipinski definition) is 0. The van der Waals surface area contributed by atoms with Crippen LogP contribution in [0.25, 0.3) is 6.08 Å². The number of carbonyl (C=O) groups is 2. The largest absolute Gasteiger partial charge is 0.497 e. The lowest BCUT2D eigenvalue weighted by Crippen LogP contribution is -2.42. The second-order valence-electron chi connectivity index (χ2n) is 8.73. The Labute approximate surface area is 226 Å². The molecule has 0 bridgehead atoms. The third-order valence-corrected chi connectivity index (χ3v) is 6.24. The maximum absolute atomic E-state index is 14.0. The number of hydrogen-bond acceptors (Lipinski definition) is 6. The molecule has 7 nitrogen and oxygen atoms in total. The number of rotatable bonds is 9. The van der Waals surface area contributed by atoms with Crippen molar-refractivity contribution in [2.75, 3.05) is 13.7 Å². The summed E-state index contributed by atoms with van der Waals surface area (Å²) in [6.07, 6.45) is 1.62. The SMILES string of the molecule is CCOc1cc(/C=C2/C(=O)N(Cc3ccc(OC)cc3)C(=O)C(C#N)=C2C)ccc1OCc1ccccc1F. The molecule has 3 aromatic rings. The normalized spacial score (nSPS) is 14.4. The molecule has 39 heavy (non-hydrogen) atoms. The first-order valence-corrected chi connectivity index (χ1v) is 12.3. The quantitative estimate of drug-likeness (QED) is 0.266. The Balaban J connectivity index is 1.65.